The van der Waals surface area contributed by atoms with E-state index in [9.17, 15) is 0 Å². The standard InChI is InChI=1S/C17H31NO/c1-3-16(2,13-18-14-6-7-14)12-15-8-11-17(19-15)9-4-5-10-17/h14-15,18H,3-13H2,1-2H3. The van der Waals surface area contributed by atoms with E-state index >= 15 is 0 Å². The van der Waals surface area contributed by atoms with Crippen molar-refractivity contribution in [1.29, 1.82) is 0 Å². The smallest absolute Gasteiger partial charge is 0.0687 e. The molecule has 0 bridgehead atoms. The third-order valence-corrected chi connectivity index (χ3v) is 5.82. The molecule has 2 saturated carbocycles. The Bertz CT molecular complexity index is 306. The predicted octanol–water partition coefficient (Wildman–Crippen LogP) is 4.04. The highest BCUT2D eigenvalue weighted by atomic mass is 16.5. The van der Waals surface area contributed by atoms with Gasteiger partial charge in [-0.25, -0.2) is 0 Å². The average molecular weight is 265 g/mol. The monoisotopic (exact) mass is 265 g/mol. The molecule has 1 N–H and O–H groups in total. The van der Waals surface area contributed by atoms with Gasteiger partial charge in [0.25, 0.3) is 0 Å². The molecule has 1 saturated heterocycles. The topological polar surface area (TPSA) is 21.3 Å². The molecular weight excluding hydrogens is 234 g/mol. The Kier molecular flexibility index (Phi) is 3.92. The fourth-order valence-corrected chi connectivity index (χ4v) is 4.00. The van der Waals surface area contributed by atoms with Crippen molar-refractivity contribution in [1.82, 2.24) is 5.32 Å². The Balaban J connectivity index is 1.50. The summed E-state index contributed by atoms with van der Waals surface area (Å²) >= 11 is 0. The maximum absolute atomic E-state index is 6.50. The summed E-state index contributed by atoms with van der Waals surface area (Å²) in [5.41, 5.74) is 0.737. The second-order valence-electron chi connectivity index (χ2n) is 7.69. The molecule has 3 aliphatic rings. The minimum Gasteiger partial charge on any atom is -0.372 e. The van der Waals surface area contributed by atoms with E-state index in [1.54, 1.807) is 0 Å². The molecule has 1 heterocycles. The van der Waals surface area contributed by atoms with Crippen molar-refractivity contribution in [2.75, 3.05) is 6.54 Å². The van der Waals surface area contributed by atoms with Gasteiger partial charge in [0.1, 0.15) is 0 Å². The van der Waals surface area contributed by atoms with E-state index in [1.807, 2.05) is 0 Å². The van der Waals surface area contributed by atoms with Gasteiger partial charge >= 0.3 is 0 Å². The normalized spacial score (nSPS) is 32.8. The van der Waals surface area contributed by atoms with E-state index < -0.39 is 0 Å². The first kappa shape index (κ1) is 13.9. The van der Waals surface area contributed by atoms with Crippen LogP contribution in [0.2, 0.25) is 0 Å². The minimum absolute atomic E-state index is 0.309. The minimum atomic E-state index is 0.309. The lowest BCUT2D eigenvalue weighted by atomic mass is 9.81. The van der Waals surface area contributed by atoms with E-state index in [0.29, 0.717) is 17.1 Å². The zero-order chi connectivity index (χ0) is 13.3. The predicted molar refractivity (Wildman–Crippen MR) is 79.3 cm³/mol. The molecule has 2 unspecified atom stereocenters. The van der Waals surface area contributed by atoms with E-state index in [2.05, 4.69) is 19.2 Å². The maximum Gasteiger partial charge on any atom is 0.0687 e. The van der Waals surface area contributed by atoms with E-state index in [-0.39, 0.29) is 0 Å². The molecule has 0 aromatic carbocycles. The third-order valence-electron chi connectivity index (χ3n) is 5.82. The molecule has 0 radical (unpaired) electrons. The van der Waals surface area contributed by atoms with Gasteiger partial charge in [-0.05, 0) is 56.8 Å². The van der Waals surface area contributed by atoms with Gasteiger partial charge in [0.15, 0.2) is 0 Å². The highest BCUT2D eigenvalue weighted by Crippen LogP contribution is 2.46. The Labute approximate surface area is 118 Å². The Morgan fingerprint density at radius 3 is 2.53 bits per heavy atom. The van der Waals surface area contributed by atoms with Crippen LogP contribution in [-0.4, -0.2) is 24.3 Å². The molecule has 1 spiro atoms. The largest absolute Gasteiger partial charge is 0.372 e. The number of rotatable bonds is 6. The molecule has 0 aromatic rings. The van der Waals surface area contributed by atoms with Crippen LogP contribution in [0.5, 0.6) is 0 Å². The van der Waals surface area contributed by atoms with Crippen LogP contribution in [0.4, 0.5) is 0 Å². The SMILES string of the molecule is CCC(C)(CNC1CC1)CC1CCC2(CCCC2)O1. The fourth-order valence-electron chi connectivity index (χ4n) is 4.00. The quantitative estimate of drug-likeness (QED) is 0.782. The third kappa shape index (κ3) is 3.33. The second kappa shape index (κ2) is 5.37. The summed E-state index contributed by atoms with van der Waals surface area (Å²) in [6.45, 7) is 5.97. The molecule has 1 aliphatic heterocycles. The Morgan fingerprint density at radius 1 is 1.16 bits per heavy atom. The van der Waals surface area contributed by atoms with Gasteiger partial charge in [-0.3, -0.25) is 0 Å². The van der Waals surface area contributed by atoms with Crippen LogP contribution in [0, 0.1) is 5.41 Å². The lowest BCUT2D eigenvalue weighted by Gasteiger charge is -2.33. The van der Waals surface area contributed by atoms with Crippen LogP contribution >= 0.6 is 0 Å². The molecule has 2 aliphatic carbocycles. The van der Waals surface area contributed by atoms with Crippen molar-refractivity contribution < 1.29 is 4.74 Å². The molecule has 0 aromatic heterocycles. The summed E-state index contributed by atoms with van der Waals surface area (Å²) in [5, 5.41) is 3.73. The van der Waals surface area contributed by atoms with Crippen LogP contribution < -0.4 is 5.32 Å². The molecule has 0 amide bonds. The number of hydrogen-bond donors (Lipinski definition) is 1. The lowest BCUT2D eigenvalue weighted by molar-refractivity contribution is -0.0522. The number of hydrogen-bond acceptors (Lipinski definition) is 2. The molecular formula is C17H31NO. The summed E-state index contributed by atoms with van der Waals surface area (Å²) < 4.78 is 6.50. The first-order chi connectivity index (χ1) is 9.13. The van der Waals surface area contributed by atoms with Crippen LogP contribution in [0.1, 0.15) is 78.1 Å². The van der Waals surface area contributed by atoms with Gasteiger partial charge in [0, 0.05) is 12.6 Å². The molecule has 2 nitrogen and oxygen atoms in total. The van der Waals surface area contributed by atoms with E-state index in [0.717, 1.165) is 6.04 Å². The van der Waals surface area contributed by atoms with Crippen LogP contribution in [-0.2, 0) is 4.74 Å². The first-order valence-corrected chi connectivity index (χ1v) is 8.54. The van der Waals surface area contributed by atoms with Crippen molar-refractivity contribution in [3.8, 4) is 0 Å². The summed E-state index contributed by atoms with van der Waals surface area (Å²) in [6, 6.07) is 0.830. The maximum atomic E-state index is 6.50. The molecule has 110 valence electrons. The van der Waals surface area contributed by atoms with Gasteiger partial charge < -0.3 is 10.1 Å². The van der Waals surface area contributed by atoms with Gasteiger partial charge in [-0.1, -0.05) is 26.7 Å². The Hall–Kier alpha value is -0.0800. The second-order valence-corrected chi connectivity index (χ2v) is 7.69. The first-order valence-electron chi connectivity index (χ1n) is 8.54. The van der Waals surface area contributed by atoms with Crippen molar-refractivity contribution in [3.63, 3.8) is 0 Å². The van der Waals surface area contributed by atoms with Crippen molar-refractivity contribution in [2.45, 2.75) is 95.8 Å². The highest BCUT2D eigenvalue weighted by molar-refractivity contribution is 4.95. The van der Waals surface area contributed by atoms with E-state index in [4.69, 9.17) is 4.74 Å². The summed E-state index contributed by atoms with van der Waals surface area (Å²) in [6.07, 6.45) is 13.9. The highest BCUT2D eigenvalue weighted by Gasteiger charge is 2.43. The molecule has 3 fully saturated rings. The summed E-state index contributed by atoms with van der Waals surface area (Å²) in [7, 11) is 0. The van der Waals surface area contributed by atoms with Gasteiger partial charge in [-0.15, -0.1) is 0 Å². The number of nitrogens with one attached hydrogen (secondary N) is 1. The van der Waals surface area contributed by atoms with Crippen molar-refractivity contribution in [3.05, 3.63) is 0 Å². The fraction of sp³-hybridized carbons (Fsp3) is 1.00. The average Bonchev–Trinajstić information content (AvgIpc) is 3.02. The van der Waals surface area contributed by atoms with E-state index in [1.165, 1.54) is 70.8 Å². The van der Waals surface area contributed by atoms with Crippen LogP contribution in [0.25, 0.3) is 0 Å². The molecule has 2 heteroatoms. The molecule has 3 rings (SSSR count). The Morgan fingerprint density at radius 2 is 1.89 bits per heavy atom. The summed E-state index contributed by atoms with van der Waals surface area (Å²) in [5.74, 6) is 0. The number of ether oxygens (including phenoxy) is 1. The molecule has 19 heavy (non-hydrogen) atoms. The zero-order valence-electron chi connectivity index (χ0n) is 12.8. The zero-order valence-corrected chi connectivity index (χ0v) is 12.8. The van der Waals surface area contributed by atoms with Gasteiger partial charge in [0.05, 0.1) is 11.7 Å². The summed E-state index contributed by atoms with van der Waals surface area (Å²) in [4.78, 5) is 0. The van der Waals surface area contributed by atoms with Gasteiger partial charge in [0.2, 0.25) is 0 Å². The molecule has 2 atom stereocenters. The lowest BCUT2D eigenvalue weighted by Crippen LogP contribution is -2.36. The van der Waals surface area contributed by atoms with Crippen LogP contribution in [0.3, 0.4) is 0 Å². The van der Waals surface area contributed by atoms with Gasteiger partial charge in [-0.2, -0.15) is 0 Å². The van der Waals surface area contributed by atoms with Crippen molar-refractivity contribution >= 4 is 0 Å². The van der Waals surface area contributed by atoms with Crippen LogP contribution in [0.15, 0.2) is 0 Å². The van der Waals surface area contributed by atoms with Crippen molar-refractivity contribution in [2.24, 2.45) is 5.41 Å².